The summed E-state index contributed by atoms with van der Waals surface area (Å²) in [7, 11) is 1.73. The van der Waals surface area contributed by atoms with Gasteiger partial charge in [0.1, 0.15) is 0 Å². The second-order valence-corrected chi connectivity index (χ2v) is 4.79. The maximum absolute atomic E-state index is 5.57. The molecule has 5 nitrogen and oxygen atoms in total. The highest BCUT2D eigenvalue weighted by atomic mass is 16.5. The van der Waals surface area contributed by atoms with Crippen LogP contribution in [0.1, 0.15) is 32.0 Å². The molecule has 1 rings (SSSR count). The molecule has 104 valence electrons. The van der Waals surface area contributed by atoms with Crippen LogP contribution in [-0.2, 0) is 11.3 Å². The van der Waals surface area contributed by atoms with Gasteiger partial charge in [0.05, 0.1) is 12.3 Å². The summed E-state index contributed by atoms with van der Waals surface area (Å²) in [5.41, 5.74) is 6.67. The van der Waals surface area contributed by atoms with Gasteiger partial charge in [0.15, 0.2) is 0 Å². The van der Waals surface area contributed by atoms with Gasteiger partial charge in [-0.15, -0.1) is 0 Å². The molecule has 0 fully saturated rings. The van der Waals surface area contributed by atoms with Gasteiger partial charge in [-0.05, 0) is 39.4 Å². The molecule has 1 aromatic heterocycles. The van der Waals surface area contributed by atoms with Crippen molar-refractivity contribution < 1.29 is 4.74 Å². The van der Waals surface area contributed by atoms with Crippen LogP contribution in [0, 0.1) is 0 Å². The quantitative estimate of drug-likeness (QED) is 0.721. The second-order valence-electron chi connectivity index (χ2n) is 4.79. The summed E-state index contributed by atoms with van der Waals surface area (Å²) in [4.78, 5) is 2.34. The molecule has 1 heterocycles. The number of nitrogens with zero attached hydrogens (tertiary/aromatic N) is 3. The van der Waals surface area contributed by atoms with Gasteiger partial charge >= 0.3 is 0 Å². The van der Waals surface area contributed by atoms with E-state index in [1.165, 1.54) is 0 Å². The molecule has 0 bridgehead atoms. The summed E-state index contributed by atoms with van der Waals surface area (Å²) in [5.74, 6) is 0. The maximum atomic E-state index is 5.57. The standard InChI is InChI=1S/C13H26N4O/c1-12(2)17-8-5-13(15-17)11-16(7-4-6-14)9-10-18-3/h5,8,12H,4,6-7,9-11,14H2,1-3H3. The first-order chi connectivity index (χ1) is 8.67. The Morgan fingerprint density at radius 2 is 2.22 bits per heavy atom. The number of nitrogens with two attached hydrogens (primary N) is 1. The van der Waals surface area contributed by atoms with Crippen LogP contribution < -0.4 is 5.73 Å². The molecule has 0 aliphatic rings. The average molecular weight is 254 g/mol. The fraction of sp³-hybridized carbons (Fsp3) is 0.769. The molecular weight excluding hydrogens is 228 g/mol. The highest BCUT2D eigenvalue weighted by Gasteiger charge is 2.08. The summed E-state index contributed by atoms with van der Waals surface area (Å²) in [6.07, 6.45) is 3.05. The zero-order chi connectivity index (χ0) is 13.4. The lowest BCUT2D eigenvalue weighted by Crippen LogP contribution is -2.29. The molecule has 0 amide bonds. The third-order valence-corrected chi connectivity index (χ3v) is 2.87. The van der Waals surface area contributed by atoms with Crippen molar-refractivity contribution in [3.8, 4) is 0 Å². The highest BCUT2D eigenvalue weighted by Crippen LogP contribution is 2.07. The zero-order valence-electron chi connectivity index (χ0n) is 11.8. The lowest BCUT2D eigenvalue weighted by Gasteiger charge is -2.20. The van der Waals surface area contributed by atoms with Crippen LogP contribution >= 0.6 is 0 Å². The average Bonchev–Trinajstić information content (AvgIpc) is 2.81. The fourth-order valence-corrected chi connectivity index (χ4v) is 1.78. The largest absolute Gasteiger partial charge is 0.383 e. The number of aromatic nitrogens is 2. The molecule has 0 saturated carbocycles. The normalized spacial score (nSPS) is 11.7. The minimum absolute atomic E-state index is 0.412. The Balaban J connectivity index is 2.51. The molecule has 0 unspecified atom stereocenters. The van der Waals surface area contributed by atoms with Crippen molar-refractivity contribution in [2.45, 2.75) is 32.9 Å². The van der Waals surface area contributed by atoms with E-state index < -0.39 is 0 Å². The third kappa shape index (κ3) is 5.16. The Morgan fingerprint density at radius 1 is 1.44 bits per heavy atom. The van der Waals surface area contributed by atoms with Gasteiger partial charge in [-0.2, -0.15) is 5.10 Å². The second kappa shape index (κ2) is 8.24. The van der Waals surface area contributed by atoms with E-state index in [2.05, 4.69) is 29.9 Å². The Bertz CT molecular complexity index is 317. The van der Waals surface area contributed by atoms with Gasteiger partial charge < -0.3 is 10.5 Å². The number of rotatable bonds is 9. The Morgan fingerprint density at radius 3 is 2.78 bits per heavy atom. The zero-order valence-corrected chi connectivity index (χ0v) is 11.8. The van der Waals surface area contributed by atoms with E-state index >= 15 is 0 Å². The number of methoxy groups -OCH3 is 1. The van der Waals surface area contributed by atoms with Gasteiger partial charge in [-0.1, -0.05) is 0 Å². The van der Waals surface area contributed by atoms with Crippen LogP contribution in [-0.4, -0.2) is 48.0 Å². The van der Waals surface area contributed by atoms with Crippen LogP contribution in [0.25, 0.3) is 0 Å². The number of ether oxygens (including phenoxy) is 1. The van der Waals surface area contributed by atoms with Gasteiger partial charge in [0, 0.05) is 32.4 Å². The molecular formula is C13H26N4O. The third-order valence-electron chi connectivity index (χ3n) is 2.87. The molecule has 0 aliphatic carbocycles. The van der Waals surface area contributed by atoms with Crippen LogP contribution in [0.3, 0.4) is 0 Å². The first kappa shape index (κ1) is 15.1. The van der Waals surface area contributed by atoms with Gasteiger partial charge in [-0.3, -0.25) is 9.58 Å². The summed E-state index contributed by atoms with van der Waals surface area (Å²) in [6, 6.07) is 2.50. The van der Waals surface area contributed by atoms with Crippen molar-refractivity contribution in [2.75, 3.05) is 33.4 Å². The monoisotopic (exact) mass is 254 g/mol. The lowest BCUT2D eigenvalue weighted by atomic mass is 10.3. The van der Waals surface area contributed by atoms with E-state index in [-0.39, 0.29) is 0 Å². The summed E-state index contributed by atoms with van der Waals surface area (Å²) >= 11 is 0. The van der Waals surface area contributed by atoms with Crippen molar-refractivity contribution in [1.29, 1.82) is 0 Å². The molecule has 5 heteroatoms. The van der Waals surface area contributed by atoms with Gasteiger partial charge in [0.25, 0.3) is 0 Å². The van der Waals surface area contributed by atoms with Crippen LogP contribution in [0.5, 0.6) is 0 Å². The van der Waals surface area contributed by atoms with Gasteiger partial charge in [0.2, 0.25) is 0 Å². The molecule has 0 spiro atoms. The number of hydrogen-bond acceptors (Lipinski definition) is 4. The predicted molar refractivity (Wildman–Crippen MR) is 73.4 cm³/mol. The summed E-state index contributed by atoms with van der Waals surface area (Å²) in [6.45, 7) is 8.52. The Hall–Kier alpha value is -0.910. The molecule has 0 atom stereocenters. The molecule has 18 heavy (non-hydrogen) atoms. The van der Waals surface area contributed by atoms with E-state index in [4.69, 9.17) is 10.5 Å². The van der Waals surface area contributed by atoms with E-state index in [0.29, 0.717) is 6.04 Å². The molecule has 0 aliphatic heterocycles. The molecule has 2 N–H and O–H groups in total. The van der Waals surface area contributed by atoms with Crippen molar-refractivity contribution in [2.24, 2.45) is 5.73 Å². The summed E-state index contributed by atoms with van der Waals surface area (Å²) < 4.78 is 7.13. The minimum Gasteiger partial charge on any atom is -0.383 e. The first-order valence-electron chi connectivity index (χ1n) is 6.62. The lowest BCUT2D eigenvalue weighted by molar-refractivity contribution is 0.142. The minimum atomic E-state index is 0.412. The van der Waals surface area contributed by atoms with Gasteiger partial charge in [-0.25, -0.2) is 0 Å². The topological polar surface area (TPSA) is 56.3 Å². The fourth-order valence-electron chi connectivity index (χ4n) is 1.78. The SMILES string of the molecule is COCCN(CCCN)Cc1ccn(C(C)C)n1. The van der Waals surface area contributed by atoms with Crippen molar-refractivity contribution in [3.63, 3.8) is 0 Å². The highest BCUT2D eigenvalue weighted by molar-refractivity contribution is 4.99. The van der Waals surface area contributed by atoms with E-state index in [1.54, 1.807) is 7.11 Å². The number of hydrogen-bond donors (Lipinski definition) is 1. The maximum Gasteiger partial charge on any atom is 0.0764 e. The Kier molecular flexibility index (Phi) is 6.93. The van der Waals surface area contributed by atoms with E-state index in [1.807, 2.05) is 10.9 Å². The van der Waals surface area contributed by atoms with E-state index in [0.717, 1.165) is 44.9 Å². The molecule has 1 aromatic rings. The van der Waals surface area contributed by atoms with Crippen LogP contribution in [0.15, 0.2) is 12.3 Å². The van der Waals surface area contributed by atoms with Crippen molar-refractivity contribution >= 4 is 0 Å². The van der Waals surface area contributed by atoms with Crippen LogP contribution in [0.2, 0.25) is 0 Å². The van der Waals surface area contributed by atoms with Crippen molar-refractivity contribution in [3.05, 3.63) is 18.0 Å². The molecule has 0 radical (unpaired) electrons. The molecule has 0 saturated heterocycles. The predicted octanol–water partition coefficient (Wildman–Crippen LogP) is 1.26. The summed E-state index contributed by atoms with van der Waals surface area (Å²) in [5, 5.41) is 4.57. The van der Waals surface area contributed by atoms with E-state index in [9.17, 15) is 0 Å². The van der Waals surface area contributed by atoms with Crippen molar-refractivity contribution in [1.82, 2.24) is 14.7 Å². The smallest absolute Gasteiger partial charge is 0.0764 e. The Labute approximate surface area is 110 Å². The molecule has 0 aromatic carbocycles. The first-order valence-corrected chi connectivity index (χ1v) is 6.62. The van der Waals surface area contributed by atoms with Crippen LogP contribution in [0.4, 0.5) is 0 Å².